The van der Waals surface area contributed by atoms with Gasteiger partial charge in [0, 0.05) is 12.4 Å². The Balaban J connectivity index is 2.53. The molecule has 0 bridgehead atoms. The largest absolute Gasteiger partial charge is 0.304 e. The van der Waals surface area contributed by atoms with Crippen LogP contribution in [0.1, 0.15) is 18.1 Å². The first-order valence-corrected chi connectivity index (χ1v) is 4.89. The molecule has 0 spiro atoms. The van der Waals surface area contributed by atoms with E-state index in [1.54, 1.807) is 0 Å². The Labute approximate surface area is 79.6 Å². The maximum atomic E-state index is 4.08. The van der Waals surface area contributed by atoms with Crippen molar-refractivity contribution in [2.24, 2.45) is 0 Å². The molecule has 0 atom stereocenters. The van der Waals surface area contributed by atoms with Gasteiger partial charge < -0.3 is 5.32 Å². The molecule has 1 aromatic carbocycles. The Morgan fingerprint density at radius 3 is 2.25 bits per heavy atom. The predicted molar refractivity (Wildman–Crippen MR) is 56.5 cm³/mol. The number of nitrogens with one attached hydrogen (secondary N) is 1. The van der Waals surface area contributed by atoms with Crippen molar-refractivity contribution in [1.82, 2.24) is 5.32 Å². The highest BCUT2D eigenvalue weighted by molar-refractivity contribution is 7.80. The maximum Gasteiger partial charge on any atom is 0.0390 e. The van der Waals surface area contributed by atoms with E-state index in [2.05, 4.69) is 49.1 Å². The topological polar surface area (TPSA) is 12.0 Å². The molecule has 0 heterocycles. The summed E-state index contributed by atoms with van der Waals surface area (Å²) in [5.41, 5.74) is 2.71. The van der Waals surface area contributed by atoms with Crippen LogP contribution in [0.25, 0.3) is 0 Å². The highest BCUT2D eigenvalue weighted by atomic mass is 32.1. The van der Waals surface area contributed by atoms with Crippen molar-refractivity contribution in [2.75, 3.05) is 5.88 Å². The lowest BCUT2D eigenvalue weighted by atomic mass is 10.1. The van der Waals surface area contributed by atoms with Crippen molar-refractivity contribution in [3.8, 4) is 0 Å². The van der Waals surface area contributed by atoms with Crippen LogP contribution < -0.4 is 5.32 Å². The maximum absolute atomic E-state index is 4.08. The SMILES string of the molecule is CCc1ccc(CNCS)cc1. The summed E-state index contributed by atoms with van der Waals surface area (Å²) in [5, 5.41) is 3.17. The molecule has 12 heavy (non-hydrogen) atoms. The van der Waals surface area contributed by atoms with Crippen molar-refractivity contribution in [2.45, 2.75) is 19.9 Å². The summed E-state index contributed by atoms with van der Waals surface area (Å²) in [4.78, 5) is 0. The molecular formula is C10H15NS. The zero-order valence-electron chi connectivity index (χ0n) is 7.38. The van der Waals surface area contributed by atoms with Gasteiger partial charge in [0.2, 0.25) is 0 Å². The molecule has 1 N–H and O–H groups in total. The molecule has 0 fully saturated rings. The third-order valence-electron chi connectivity index (χ3n) is 1.87. The van der Waals surface area contributed by atoms with E-state index in [1.807, 2.05) is 0 Å². The molecule has 1 nitrogen and oxygen atoms in total. The molecule has 0 aromatic heterocycles. The Morgan fingerprint density at radius 1 is 1.17 bits per heavy atom. The molecule has 0 saturated heterocycles. The van der Waals surface area contributed by atoms with E-state index in [0.717, 1.165) is 18.8 Å². The summed E-state index contributed by atoms with van der Waals surface area (Å²) >= 11 is 4.08. The van der Waals surface area contributed by atoms with Crippen LogP contribution >= 0.6 is 12.6 Å². The van der Waals surface area contributed by atoms with E-state index in [4.69, 9.17) is 0 Å². The second kappa shape index (κ2) is 5.22. The summed E-state index contributed by atoms with van der Waals surface area (Å²) in [7, 11) is 0. The first kappa shape index (κ1) is 9.62. The molecule has 0 aliphatic carbocycles. The minimum absolute atomic E-state index is 0.732. The van der Waals surface area contributed by atoms with Gasteiger partial charge in [0.1, 0.15) is 0 Å². The normalized spacial score (nSPS) is 10.2. The van der Waals surface area contributed by atoms with Crippen molar-refractivity contribution in [1.29, 1.82) is 0 Å². The average Bonchev–Trinajstić information content (AvgIpc) is 2.15. The summed E-state index contributed by atoms with van der Waals surface area (Å²) in [6.45, 7) is 3.08. The fourth-order valence-electron chi connectivity index (χ4n) is 1.09. The van der Waals surface area contributed by atoms with Crippen LogP contribution in [-0.2, 0) is 13.0 Å². The lowest BCUT2D eigenvalue weighted by molar-refractivity contribution is 0.798. The zero-order valence-corrected chi connectivity index (χ0v) is 8.27. The smallest absolute Gasteiger partial charge is 0.0390 e. The van der Waals surface area contributed by atoms with Gasteiger partial charge in [-0.15, -0.1) is 0 Å². The van der Waals surface area contributed by atoms with E-state index in [1.165, 1.54) is 11.1 Å². The Kier molecular flexibility index (Phi) is 4.19. The van der Waals surface area contributed by atoms with Crippen LogP contribution in [0.5, 0.6) is 0 Å². The quantitative estimate of drug-likeness (QED) is 0.536. The number of thiol groups is 1. The Bertz CT molecular complexity index is 218. The third-order valence-corrected chi connectivity index (χ3v) is 2.10. The van der Waals surface area contributed by atoms with Crippen molar-refractivity contribution < 1.29 is 0 Å². The van der Waals surface area contributed by atoms with Gasteiger partial charge in [0.25, 0.3) is 0 Å². The van der Waals surface area contributed by atoms with E-state index in [0.29, 0.717) is 0 Å². The number of rotatable bonds is 4. The molecule has 0 aliphatic heterocycles. The Morgan fingerprint density at radius 2 is 1.75 bits per heavy atom. The molecule has 66 valence electrons. The average molecular weight is 181 g/mol. The van der Waals surface area contributed by atoms with Gasteiger partial charge in [-0.2, -0.15) is 12.6 Å². The molecule has 0 unspecified atom stereocenters. The van der Waals surface area contributed by atoms with Gasteiger partial charge in [-0.25, -0.2) is 0 Å². The second-order valence-corrected chi connectivity index (χ2v) is 3.07. The summed E-state index contributed by atoms with van der Waals surface area (Å²) in [6, 6.07) is 8.68. The van der Waals surface area contributed by atoms with Gasteiger partial charge >= 0.3 is 0 Å². The number of aryl methyl sites for hydroxylation is 1. The first-order valence-electron chi connectivity index (χ1n) is 4.26. The van der Waals surface area contributed by atoms with Crippen LogP contribution in [0.2, 0.25) is 0 Å². The number of benzene rings is 1. The minimum atomic E-state index is 0.732. The van der Waals surface area contributed by atoms with E-state index in [9.17, 15) is 0 Å². The number of hydrogen-bond acceptors (Lipinski definition) is 2. The first-order chi connectivity index (χ1) is 5.86. The predicted octanol–water partition coefficient (Wildman–Crippen LogP) is 2.23. The highest BCUT2D eigenvalue weighted by Crippen LogP contribution is 2.04. The van der Waals surface area contributed by atoms with Crippen molar-refractivity contribution in [3.63, 3.8) is 0 Å². The van der Waals surface area contributed by atoms with Crippen LogP contribution in [0, 0.1) is 0 Å². The fourth-order valence-corrected chi connectivity index (χ4v) is 1.20. The molecule has 1 rings (SSSR count). The van der Waals surface area contributed by atoms with Gasteiger partial charge in [-0.3, -0.25) is 0 Å². The zero-order chi connectivity index (χ0) is 8.81. The monoisotopic (exact) mass is 181 g/mol. The highest BCUT2D eigenvalue weighted by Gasteiger charge is 1.91. The van der Waals surface area contributed by atoms with Crippen LogP contribution in [0.15, 0.2) is 24.3 Å². The van der Waals surface area contributed by atoms with Crippen LogP contribution in [0.4, 0.5) is 0 Å². The van der Waals surface area contributed by atoms with Gasteiger partial charge in [-0.05, 0) is 17.5 Å². The van der Waals surface area contributed by atoms with E-state index >= 15 is 0 Å². The van der Waals surface area contributed by atoms with Gasteiger partial charge in [0.05, 0.1) is 0 Å². The number of hydrogen-bond donors (Lipinski definition) is 2. The molecule has 0 amide bonds. The molecule has 0 aliphatic rings. The van der Waals surface area contributed by atoms with Crippen LogP contribution in [0.3, 0.4) is 0 Å². The molecule has 0 radical (unpaired) electrons. The molecular weight excluding hydrogens is 166 g/mol. The summed E-state index contributed by atoms with van der Waals surface area (Å²) in [6.07, 6.45) is 1.11. The Hall–Kier alpha value is -0.470. The molecule has 0 saturated carbocycles. The van der Waals surface area contributed by atoms with Crippen molar-refractivity contribution in [3.05, 3.63) is 35.4 Å². The van der Waals surface area contributed by atoms with E-state index in [-0.39, 0.29) is 0 Å². The standard InChI is InChI=1S/C10H15NS/c1-2-9-3-5-10(6-4-9)7-11-8-12/h3-6,11-12H,2,7-8H2,1H3. The molecule has 1 aromatic rings. The summed E-state index contributed by atoms with van der Waals surface area (Å²) < 4.78 is 0. The van der Waals surface area contributed by atoms with Gasteiger partial charge in [0.15, 0.2) is 0 Å². The lowest BCUT2D eigenvalue weighted by Crippen LogP contribution is -2.09. The summed E-state index contributed by atoms with van der Waals surface area (Å²) in [5.74, 6) is 0.732. The third kappa shape index (κ3) is 2.88. The molecule has 2 heteroatoms. The van der Waals surface area contributed by atoms with Gasteiger partial charge in [-0.1, -0.05) is 31.2 Å². The van der Waals surface area contributed by atoms with Crippen LogP contribution in [-0.4, -0.2) is 5.88 Å². The fraction of sp³-hybridized carbons (Fsp3) is 0.400. The minimum Gasteiger partial charge on any atom is -0.304 e. The second-order valence-electron chi connectivity index (χ2n) is 2.75. The van der Waals surface area contributed by atoms with E-state index < -0.39 is 0 Å². The lowest BCUT2D eigenvalue weighted by Gasteiger charge is -2.02. The van der Waals surface area contributed by atoms with Crippen molar-refractivity contribution >= 4 is 12.6 Å².